The summed E-state index contributed by atoms with van der Waals surface area (Å²) in [5.41, 5.74) is 8.43. The van der Waals surface area contributed by atoms with Crippen LogP contribution in [0, 0.1) is 0 Å². The lowest BCUT2D eigenvalue weighted by atomic mass is 9.80. The number of ether oxygens (including phenoxy) is 1. The van der Waals surface area contributed by atoms with Gasteiger partial charge >= 0.3 is 0 Å². The molecule has 1 heterocycles. The number of benzene rings is 1. The fourth-order valence-electron chi connectivity index (χ4n) is 2.24. The number of fused-ring (bicyclic) bond motifs is 1. The average Bonchev–Trinajstić information content (AvgIpc) is 2.64. The molecule has 2 heteroatoms. The van der Waals surface area contributed by atoms with Gasteiger partial charge in [0.05, 0.1) is 6.61 Å². The molecule has 0 unspecified atom stereocenters. The highest BCUT2D eigenvalue weighted by Gasteiger charge is 2.27. The lowest BCUT2D eigenvalue weighted by Crippen LogP contribution is -2.22. The van der Waals surface area contributed by atoms with Gasteiger partial charge in [-0.2, -0.15) is 0 Å². The van der Waals surface area contributed by atoms with Crippen LogP contribution in [0.15, 0.2) is 18.2 Å². The fourth-order valence-corrected chi connectivity index (χ4v) is 2.24. The van der Waals surface area contributed by atoms with Gasteiger partial charge in [0.1, 0.15) is 5.75 Å². The van der Waals surface area contributed by atoms with Crippen molar-refractivity contribution in [3.63, 3.8) is 0 Å². The van der Waals surface area contributed by atoms with Crippen LogP contribution in [0.3, 0.4) is 0 Å². The van der Waals surface area contributed by atoms with Crippen LogP contribution in [-0.4, -0.2) is 13.2 Å². The van der Waals surface area contributed by atoms with E-state index in [0.717, 1.165) is 31.7 Å². The summed E-state index contributed by atoms with van der Waals surface area (Å²) >= 11 is 0. The van der Waals surface area contributed by atoms with E-state index >= 15 is 0 Å². The Balaban J connectivity index is 2.40. The largest absolute Gasteiger partial charge is 0.493 e. The van der Waals surface area contributed by atoms with Crippen LogP contribution >= 0.6 is 0 Å². The third-order valence-electron chi connectivity index (χ3n) is 3.21. The molecule has 1 aromatic rings. The molecule has 0 bridgehead atoms. The molecule has 0 saturated heterocycles. The Morgan fingerprint density at radius 2 is 2.20 bits per heavy atom. The van der Waals surface area contributed by atoms with E-state index in [9.17, 15) is 0 Å². The molecule has 1 aliphatic rings. The van der Waals surface area contributed by atoms with Gasteiger partial charge in [0.25, 0.3) is 0 Å². The Bertz CT molecular complexity index is 358. The van der Waals surface area contributed by atoms with Crippen molar-refractivity contribution in [2.75, 3.05) is 13.2 Å². The molecule has 1 aromatic carbocycles. The van der Waals surface area contributed by atoms with E-state index in [1.807, 2.05) is 0 Å². The minimum absolute atomic E-state index is 0.116. The second kappa shape index (κ2) is 3.86. The van der Waals surface area contributed by atoms with Gasteiger partial charge in [-0.25, -0.2) is 0 Å². The molecule has 0 spiro atoms. The third kappa shape index (κ3) is 1.86. The average molecular weight is 205 g/mol. The predicted octanol–water partition coefficient (Wildman–Crippen LogP) is 2.25. The SMILES string of the molecule is CC(C)(CCN)c1cccc2c1OCC2. The maximum absolute atomic E-state index is 5.72. The summed E-state index contributed by atoms with van der Waals surface area (Å²) in [6.07, 6.45) is 2.04. The summed E-state index contributed by atoms with van der Waals surface area (Å²) in [5, 5.41) is 0. The van der Waals surface area contributed by atoms with Gasteiger partial charge in [-0.1, -0.05) is 32.0 Å². The van der Waals surface area contributed by atoms with Crippen LogP contribution in [0.2, 0.25) is 0 Å². The Labute approximate surface area is 91.4 Å². The molecule has 0 saturated carbocycles. The molecule has 0 radical (unpaired) electrons. The van der Waals surface area contributed by atoms with E-state index < -0.39 is 0 Å². The number of hydrogen-bond acceptors (Lipinski definition) is 2. The Morgan fingerprint density at radius 1 is 1.40 bits per heavy atom. The number of nitrogens with two attached hydrogens (primary N) is 1. The van der Waals surface area contributed by atoms with Gasteiger partial charge in [0, 0.05) is 12.0 Å². The first-order valence-electron chi connectivity index (χ1n) is 5.60. The highest BCUT2D eigenvalue weighted by Crippen LogP contribution is 2.38. The van der Waals surface area contributed by atoms with E-state index in [2.05, 4.69) is 32.0 Å². The predicted molar refractivity (Wildman–Crippen MR) is 62.3 cm³/mol. The van der Waals surface area contributed by atoms with Crippen LogP contribution in [-0.2, 0) is 11.8 Å². The summed E-state index contributed by atoms with van der Waals surface area (Å²) in [6, 6.07) is 6.45. The Hall–Kier alpha value is -1.02. The van der Waals surface area contributed by atoms with Crippen LogP contribution in [0.4, 0.5) is 0 Å². The van der Waals surface area contributed by atoms with E-state index in [4.69, 9.17) is 10.5 Å². The molecule has 2 rings (SSSR count). The zero-order chi connectivity index (χ0) is 10.9. The van der Waals surface area contributed by atoms with Crippen LogP contribution in [0.25, 0.3) is 0 Å². The fraction of sp³-hybridized carbons (Fsp3) is 0.538. The van der Waals surface area contributed by atoms with E-state index in [1.165, 1.54) is 11.1 Å². The molecular weight excluding hydrogens is 186 g/mol. The molecule has 2 N–H and O–H groups in total. The van der Waals surface area contributed by atoms with Crippen molar-refractivity contribution in [1.82, 2.24) is 0 Å². The van der Waals surface area contributed by atoms with Crippen molar-refractivity contribution in [3.05, 3.63) is 29.3 Å². The van der Waals surface area contributed by atoms with Gasteiger partial charge in [-0.3, -0.25) is 0 Å². The first-order valence-corrected chi connectivity index (χ1v) is 5.60. The molecule has 15 heavy (non-hydrogen) atoms. The lowest BCUT2D eigenvalue weighted by Gasteiger charge is -2.26. The van der Waals surface area contributed by atoms with Gasteiger partial charge in [0.2, 0.25) is 0 Å². The zero-order valence-electron chi connectivity index (χ0n) is 9.55. The first kappa shape index (κ1) is 10.5. The highest BCUT2D eigenvalue weighted by molar-refractivity contribution is 5.47. The smallest absolute Gasteiger partial charge is 0.126 e. The van der Waals surface area contributed by atoms with Gasteiger partial charge in [0.15, 0.2) is 0 Å². The normalized spacial score (nSPS) is 14.9. The van der Waals surface area contributed by atoms with Crippen molar-refractivity contribution >= 4 is 0 Å². The summed E-state index contributed by atoms with van der Waals surface area (Å²) in [5.74, 6) is 1.11. The Morgan fingerprint density at radius 3 is 2.93 bits per heavy atom. The molecule has 0 fully saturated rings. The standard InChI is InChI=1S/C13H19NO/c1-13(2,7-8-14)11-5-3-4-10-6-9-15-12(10)11/h3-5H,6-9,14H2,1-2H3. The minimum Gasteiger partial charge on any atom is -0.493 e. The lowest BCUT2D eigenvalue weighted by molar-refractivity contribution is 0.342. The molecule has 1 aliphatic heterocycles. The first-order chi connectivity index (χ1) is 7.15. The number of para-hydroxylation sites is 1. The van der Waals surface area contributed by atoms with E-state index in [1.54, 1.807) is 0 Å². The maximum atomic E-state index is 5.72. The van der Waals surface area contributed by atoms with Crippen molar-refractivity contribution in [3.8, 4) is 5.75 Å². The van der Waals surface area contributed by atoms with E-state index in [0.29, 0.717) is 0 Å². The van der Waals surface area contributed by atoms with Gasteiger partial charge in [-0.15, -0.1) is 0 Å². The monoisotopic (exact) mass is 205 g/mol. The molecular formula is C13H19NO. The van der Waals surface area contributed by atoms with Crippen LogP contribution in [0.1, 0.15) is 31.4 Å². The summed E-state index contributed by atoms with van der Waals surface area (Å²) < 4.78 is 5.72. The van der Waals surface area contributed by atoms with Crippen LogP contribution in [0.5, 0.6) is 5.75 Å². The molecule has 0 amide bonds. The summed E-state index contributed by atoms with van der Waals surface area (Å²) in [4.78, 5) is 0. The van der Waals surface area contributed by atoms with Gasteiger partial charge in [-0.05, 0) is 23.9 Å². The molecule has 82 valence electrons. The quantitative estimate of drug-likeness (QED) is 0.821. The second-order valence-electron chi connectivity index (χ2n) is 4.81. The van der Waals surface area contributed by atoms with Crippen molar-refractivity contribution in [2.24, 2.45) is 5.73 Å². The summed E-state index contributed by atoms with van der Waals surface area (Å²) in [7, 11) is 0. The highest BCUT2D eigenvalue weighted by atomic mass is 16.5. The molecule has 2 nitrogen and oxygen atoms in total. The molecule has 0 aromatic heterocycles. The number of hydrogen-bond donors (Lipinski definition) is 1. The summed E-state index contributed by atoms with van der Waals surface area (Å²) in [6.45, 7) is 6.01. The van der Waals surface area contributed by atoms with Gasteiger partial charge < -0.3 is 10.5 Å². The Kier molecular flexibility index (Phi) is 2.70. The molecule has 0 aliphatic carbocycles. The second-order valence-corrected chi connectivity index (χ2v) is 4.81. The van der Waals surface area contributed by atoms with Crippen LogP contribution < -0.4 is 10.5 Å². The van der Waals surface area contributed by atoms with Crippen molar-refractivity contribution in [2.45, 2.75) is 32.1 Å². The molecule has 0 atom stereocenters. The van der Waals surface area contributed by atoms with E-state index in [-0.39, 0.29) is 5.41 Å². The number of rotatable bonds is 3. The maximum Gasteiger partial charge on any atom is 0.126 e. The third-order valence-corrected chi connectivity index (χ3v) is 3.21. The minimum atomic E-state index is 0.116. The van der Waals surface area contributed by atoms with Crippen molar-refractivity contribution in [1.29, 1.82) is 0 Å². The zero-order valence-corrected chi connectivity index (χ0v) is 9.55. The van der Waals surface area contributed by atoms with Crippen molar-refractivity contribution < 1.29 is 4.74 Å². The topological polar surface area (TPSA) is 35.2 Å².